The molecule has 0 aromatic heterocycles. The molecular formula is C36H54O12. The number of ketones is 2. The predicted molar refractivity (Wildman–Crippen MR) is 178 cm³/mol. The summed E-state index contributed by atoms with van der Waals surface area (Å²) in [6.45, 7) is 13.2. The zero-order valence-electron chi connectivity index (χ0n) is 28.9. The summed E-state index contributed by atoms with van der Waals surface area (Å²) in [6, 6.07) is 14.0. The number of hydrogen-bond acceptors (Lipinski definition) is 12. The lowest BCUT2D eigenvalue weighted by Crippen LogP contribution is -2.31. The largest absolute Gasteiger partial charge is 0.382 e. The maximum Gasteiger partial charge on any atom is 0.193 e. The second-order valence-corrected chi connectivity index (χ2v) is 11.9. The van der Waals surface area contributed by atoms with Crippen LogP contribution in [0.15, 0.2) is 48.5 Å². The van der Waals surface area contributed by atoms with E-state index in [1.165, 1.54) is 27.7 Å². The van der Waals surface area contributed by atoms with Gasteiger partial charge in [0.15, 0.2) is 11.6 Å². The van der Waals surface area contributed by atoms with Crippen molar-refractivity contribution in [2.24, 2.45) is 0 Å². The summed E-state index contributed by atoms with van der Waals surface area (Å²) in [6.07, 6.45) is 0. The van der Waals surface area contributed by atoms with E-state index in [1.54, 1.807) is 24.3 Å². The van der Waals surface area contributed by atoms with E-state index >= 15 is 0 Å². The summed E-state index contributed by atoms with van der Waals surface area (Å²) in [7, 11) is 0. The third kappa shape index (κ3) is 18.8. The van der Waals surface area contributed by atoms with Crippen LogP contribution in [0.25, 0.3) is 0 Å². The first kappa shape index (κ1) is 41.6. The molecule has 0 atom stereocenters. The molecule has 0 saturated heterocycles. The number of aliphatic hydroxyl groups is 2. The minimum atomic E-state index is -1.39. The van der Waals surface area contributed by atoms with Crippen molar-refractivity contribution in [3.63, 3.8) is 0 Å². The summed E-state index contributed by atoms with van der Waals surface area (Å²) in [4.78, 5) is 24.1. The van der Waals surface area contributed by atoms with Gasteiger partial charge >= 0.3 is 0 Å². The molecule has 0 radical (unpaired) electrons. The van der Waals surface area contributed by atoms with Gasteiger partial charge in [0.05, 0.1) is 106 Å². The molecule has 12 nitrogen and oxygen atoms in total. The highest BCUT2D eigenvalue weighted by Gasteiger charge is 2.25. The maximum absolute atomic E-state index is 12.1. The van der Waals surface area contributed by atoms with Crippen molar-refractivity contribution >= 4 is 11.6 Å². The molecule has 0 amide bonds. The summed E-state index contributed by atoms with van der Waals surface area (Å²) in [5.41, 5.74) is 0.0323. The van der Waals surface area contributed by atoms with Gasteiger partial charge in [0, 0.05) is 11.1 Å². The van der Waals surface area contributed by atoms with Crippen molar-refractivity contribution < 1.29 is 57.7 Å². The molecule has 2 N–H and O–H groups in total. The summed E-state index contributed by atoms with van der Waals surface area (Å²) < 4.78 is 44.1. The van der Waals surface area contributed by atoms with Crippen LogP contribution in [0.4, 0.5) is 0 Å². The molecule has 0 fully saturated rings. The standard InChI is InChI=1S/C36H54O12/c1-35(2,39)33(37)31-9-5-29(6-10-31)27-47-25-23-45-21-19-43-17-15-41-13-14-42-16-18-44-20-22-46-24-26-48-28-30-7-11-32(12-8-30)34(38)36(3,4)40/h5-12,39-40H,13-28H2,1-4H3. The smallest absolute Gasteiger partial charge is 0.193 e. The SMILES string of the molecule is CC(C)(O)C(=O)c1ccc(COCCOCCOCCOCCOCCOCCOCCOCc2ccc(C(=O)C(C)(C)O)cc2)cc1. The fourth-order valence-electron chi connectivity index (χ4n) is 4.03. The van der Waals surface area contributed by atoms with E-state index < -0.39 is 11.2 Å². The molecule has 0 saturated carbocycles. The van der Waals surface area contributed by atoms with Gasteiger partial charge < -0.3 is 48.1 Å². The van der Waals surface area contributed by atoms with E-state index in [0.717, 1.165) is 11.1 Å². The Hall–Kier alpha value is -2.62. The first-order valence-electron chi connectivity index (χ1n) is 16.3. The second kappa shape index (κ2) is 23.7. The minimum absolute atomic E-state index is 0.314. The molecule has 0 bridgehead atoms. The Morgan fingerprint density at radius 2 is 0.625 bits per heavy atom. The van der Waals surface area contributed by atoms with E-state index in [2.05, 4.69) is 0 Å². The molecule has 270 valence electrons. The third-order valence-corrected chi connectivity index (χ3v) is 6.69. The van der Waals surface area contributed by atoms with Crippen LogP contribution in [0.1, 0.15) is 59.5 Å². The van der Waals surface area contributed by atoms with Gasteiger partial charge in [-0.25, -0.2) is 0 Å². The summed E-state index contributed by atoms with van der Waals surface area (Å²) >= 11 is 0. The Labute approximate surface area is 284 Å². The van der Waals surface area contributed by atoms with Crippen molar-refractivity contribution in [1.82, 2.24) is 0 Å². The lowest BCUT2D eigenvalue weighted by atomic mass is 9.96. The van der Waals surface area contributed by atoms with Crippen LogP contribution in [0.5, 0.6) is 0 Å². The second-order valence-electron chi connectivity index (χ2n) is 11.9. The number of rotatable bonds is 29. The first-order chi connectivity index (χ1) is 23.0. The van der Waals surface area contributed by atoms with Crippen LogP contribution in [0.3, 0.4) is 0 Å². The lowest BCUT2D eigenvalue weighted by molar-refractivity contribution is -0.0240. The number of hydrogen-bond donors (Lipinski definition) is 2. The summed E-state index contributed by atoms with van der Waals surface area (Å²) in [5.74, 6) is -0.629. The van der Waals surface area contributed by atoms with Crippen molar-refractivity contribution in [3.05, 3.63) is 70.8 Å². The van der Waals surface area contributed by atoms with Crippen LogP contribution in [0, 0.1) is 0 Å². The number of Topliss-reactive ketones (excluding diaryl/α,β-unsaturated/α-hetero) is 2. The van der Waals surface area contributed by atoms with Gasteiger partial charge in [-0.15, -0.1) is 0 Å². The molecule has 2 aromatic carbocycles. The fourth-order valence-corrected chi connectivity index (χ4v) is 4.03. The average Bonchev–Trinajstić information content (AvgIpc) is 3.05. The Morgan fingerprint density at radius 1 is 0.417 bits per heavy atom. The normalized spacial score (nSPS) is 12.0. The number of ether oxygens (including phenoxy) is 8. The Balaban J connectivity index is 1.27. The van der Waals surface area contributed by atoms with Crippen LogP contribution < -0.4 is 0 Å². The predicted octanol–water partition coefficient (Wildman–Crippen LogP) is 3.43. The van der Waals surface area contributed by atoms with E-state index in [9.17, 15) is 19.8 Å². The van der Waals surface area contributed by atoms with Gasteiger partial charge in [0.25, 0.3) is 0 Å². The van der Waals surface area contributed by atoms with Gasteiger partial charge in [0.2, 0.25) is 0 Å². The molecule has 0 heterocycles. The van der Waals surface area contributed by atoms with Crippen molar-refractivity contribution in [2.45, 2.75) is 52.1 Å². The van der Waals surface area contributed by atoms with Gasteiger partial charge in [-0.1, -0.05) is 48.5 Å². The Kier molecular flexibility index (Phi) is 20.5. The van der Waals surface area contributed by atoms with Gasteiger partial charge in [-0.3, -0.25) is 9.59 Å². The molecule has 0 unspecified atom stereocenters. The van der Waals surface area contributed by atoms with Gasteiger partial charge in [0.1, 0.15) is 11.2 Å². The molecule has 0 aliphatic carbocycles. The van der Waals surface area contributed by atoms with E-state index in [4.69, 9.17) is 37.9 Å². The highest BCUT2D eigenvalue weighted by Crippen LogP contribution is 2.15. The molecule has 0 aliphatic rings. The van der Waals surface area contributed by atoms with Crippen LogP contribution in [-0.4, -0.2) is 125 Å². The zero-order chi connectivity index (χ0) is 35.1. The molecule has 48 heavy (non-hydrogen) atoms. The number of benzene rings is 2. The van der Waals surface area contributed by atoms with E-state index in [-0.39, 0.29) is 11.6 Å². The van der Waals surface area contributed by atoms with Crippen LogP contribution >= 0.6 is 0 Å². The van der Waals surface area contributed by atoms with Crippen molar-refractivity contribution in [2.75, 3.05) is 92.5 Å². The topological polar surface area (TPSA) is 148 Å². The van der Waals surface area contributed by atoms with E-state index in [0.29, 0.717) is 117 Å². The zero-order valence-corrected chi connectivity index (χ0v) is 28.9. The number of carbonyl (C=O) groups excluding carboxylic acids is 2. The number of carbonyl (C=O) groups is 2. The molecule has 12 heteroatoms. The Morgan fingerprint density at radius 3 is 0.833 bits per heavy atom. The highest BCUT2D eigenvalue weighted by atomic mass is 16.6. The first-order valence-corrected chi connectivity index (χ1v) is 16.3. The Bertz CT molecular complexity index is 1050. The fraction of sp³-hybridized carbons (Fsp3) is 0.611. The third-order valence-electron chi connectivity index (χ3n) is 6.69. The monoisotopic (exact) mass is 678 g/mol. The minimum Gasteiger partial charge on any atom is -0.382 e. The summed E-state index contributed by atoms with van der Waals surface area (Å²) in [5, 5.41) is 19.6. The highest BCUT2D eigenvalue weighted by molar-refractivity contribution is 6.02. The van der Waals surface area contributed by atoms with E-state index in [1.807, 2.05) is 24.3 Å². The van der Waals surface area contributed by atoms with Gasteiger partial charge in [-0.2, -0.15) is 0 Å². The van der Waals surface area contributed by atoms with Gasteiger partial charge in [-0.05, 0) is 38.8 Å². The van der Waals surface area contributed by atoms with Crippen molar-refractivity contribution in [1.29, 1.82) is 0 Å². The van der Waals surface area contributed by atoms with Crippen molar-refractivity contribution in [3.8, 4) is 0 Å². The molecular weight excluding hydrogens is 624 g/mol. The molecule has 2 aromatic rings. The average molecular weight is 679 g/mol. The van der Waals surface area contributed by atoms with Crippen LogP contribution in [0.2, 0.25) is 0 Å². The molecule has 2 rings (SSSR count). The molecule has 0 aliphatic heterocycles. The quantitative estimate of drug-likeness (QED) is 0.0960. The van der Waals surface area contributed by atoms with Crippen LogP contribution in [-0.2, 0) is 51.1 Å². The lowest BCUT2D eigenvalue weighted by Gasteiger charge is -2.15. The maximum atomic E-state index is 12.1. The molecule has 0 spiro atoms.